The van der Waals surface area contributed by atoms with Crippen LogP contribution in [0.2, 0.25) is 0 Å². The predicted octanol–water partition coefficient (Wildman–Crippen LogP) is 3.38. The fourth-order valence-electron chi connectivity index (χ4n) is 3.45. The lowest BCUT2D eigenvalue weighted by Crippen LogP contribution is -2.41. The quantitative estimate of drug-likeness (QED) is 0.742. The van der Waals surface area contributed by atoms with E-state index in [0.29, 0.717) is 6.54 Å². The molecule has 7 heteroatoms. The molecular weight excluding hydrogens is 328 g/mol. The number of para-hydroxylation sites is 1. The molecule has 4 rings (SSSR count). The Morgan fingerprint density at radius 2 is 2.12 bits per heavy atom. The molecule has 3 aromatic rings. The highest BCUT2D eigenvalue weighted by atomic mass is 16.2. The second-order valence-corrected chi connectivity index (χ2v) is 6.82. The molecule has 0 saturated carbocycles. The zero-order valence-electron chi connectivity index (χ0n) is 15.0. The minimum atomic E-state index is -0.0993. The number of H-pyrrole nitrogens is 1. The first-order chi connectivity index (χ1) is 12.6. The number of hydrogen-bond acceptors (Lipinski definition) is 4. The number of likely N-dealkylation sites (tertiary alicyclic amines) is 1. The van der Waals surface area contributed by atoms with Gasteiger partial charge in [0.2, 0.25) is 0 Å². The van der Waals surface area contributed by atoms with Gasteiger partial charge in [-0.05, 0) is 38.8 Å². The summed E-state index contributed by atoms with van der Waals surface area (Å²) in [5, 5.41) is 11.2. The van der Waals surface area contributed by atoms with Crippen LogP contribution >= 0.6 is 0 Å². The van der Waals surface area contributed by atoms with Crippen molar-refractivity contribution < 1.29 is 4.79 Å². The molecule has 134 valence electrons. The number of aryl methyl sites for hydroxylation is 2. The van der Waals surface area contributed by atoms with Gasteiger partial charge in [-0.2, -0.15) is 5.10 Å². The lowest BCUT2D eigenvalue weighted by atomic mass is 9.97. The Hall–Kier alpha value is -2.96. The number of aromatic amines is 1. The third-order valence-electron chi connectivity index (χ3n) is 4.79. The van der Waals surface area contributed by atoms with E-state index in [1.165, 1.54) is 0 Å². The molecule has 0 radical (unpaired) electrons. The van der Waals surface area contributed by atoms with E-state index in [-0.39, 0.29) is 11.9 Å². The van der Waals surface area contributed by atoms with Gasteiger partial charge in [-0.1, -0.05) is 18.2 Å². The lowest BCUT2D eigenvalue weighted by Gasteiger charge is -2.31. The fourth-order valence-corrected chi connectivity index (χ4v) is 3.45. The van der Waals surface area contributed by atoms with Crippen LogP contribution in [0.25, 0.3) is 10.9 Å². The van der Waals surface area contributed by atoms with E-state index < -0.39 is 0 Å². The van der Waals surface area contributed by atoms with Crippen LogP contribution in [-0.2, 0) is 0 Å². The minimum Gasteiger partial charge on any atom is -0.324 e. The summed E-state index contributed by atoms with van der Waals surface area (Å²) < 4.78 is 0. The van der Waals surface area contributed by atoms with E-state index in [2.05, 4.69) is 25.5 Å². The molecule has 0 aliphatic carbocycles. The standard InChI is InChI=1S/C19H22N6O/c1-12-8-9-14-5-3-7-16(17(14)20-12)22-19(26)25-10-4-6-15(11-25)18-21-13(2)23-24-18/h3,5,7-9,15H,4,6,10-11H2,1-2H3,(H,22,26)(H,21,23,24)/t15-/m1/s1. The molecule has 0 unspecified atom stereocenters. The smallest absolute Gasteiger partial charge is 0.321 e. The summed E-state index contributed by atoms with van der Waals surface area (Å²) in [5.74, 6) is 1.77. The normalized spacial score (nSPS) is 17.5. The Labute approximate surface area is 151 Å². The van der Waals surface area contributed by atoms with Gasteiger partial charge in [0.1, 0.15) is 5.82 Å². The van der Waals surface area contributed by atoms with Gasteiger partial charge in [-0.25, -0.2) is 9.78 Å². The molecule has 2 aromatic heterocycles. The Kier molecular flexibility index (Phi) is 4.28. The molecule has 2 amide bonds. The average molecular weight is 350 g/mol. The monoisotopic (exact) mass is 350 g/mol. The summed E-state index contributed by atoms with van der Waals surface area (Å²) in [6.45, 7) is 5.20. The minimum absolute atomic E-state index is 0.0993. The highest BCUT2D eigenvalue weighted by Crippen LogP contribution is 2.26. The Morgan fingerprint density at radius 1 is 1.23 bits per heavy atom. The number of nitrogens with one attached hydrogen (secondary N) is 2. The van der Waals surface area contributed by atoms with Crippen molar-refractivity contribution in [3.63, 3.8) is 0 Å². The number of piperidine rings is 1. The second-order valence-electron chi connectivity index (χ2n) is 6.82. The van der Waals surface area contributed by atoms with E-state index in [1.807, 2.05) is 49.1 Å². The number of rotatable bonds is 2. The predicted molar refractivity (Wildman–Crippen MR) is 100 cm³/mol. The van der Waals surface area contributed by atoms with Gasteiger partial charge in [0, 0.05) is 30.1 Å². The van der Waals surface area contributed by atoms with Gasteiger partial charge in [-0.3, -0.25) is 10.1 Å². The van der Waals surface area contributed by atoms with Crippen molar-refractivity contribution in [2.75, 3.05) is 18.4 Å². The van der Waals surface area contributed by atoms with Crippen molar-refractivity contribution in [1.82, 2.24) is 25.1 Å². The number of aromatic nitrogens is 4. The van der Waals surface area contributed by atoms with Gasteiger partial charge in [0.25, 0.3) is 0 Å². The summed E-state index contributed by atoms with van der Waals surface area (Å²) in [7, 11) is 0. The first-order valence-corrected chi connectivity index (χ1v) is 8.91. The van der Waals surface area contributed by atoms with Gasteiger partial charge < -0.3 is 10.2 Å². The lowest BCUT2D eigenvalue weighted by molar-refractivity contribution is 0.191. The number of carbonyl (C=O) groups excluding carboxylic acids is 1. The molecule has 1 fully saturated rings. The Morgan fingerprint density at radius 3 is 2.92 bits per heavy atom. The van der Waals surface area contributed by atoms with Crippen molar-refractivity contribution in [2.24, 2.45) is 0 Å². The molecule has 7 nitrogen and oxygen atoms in total. The molecule has 1 aliphatic heterocycles. The van der Waals surface area contributed by atoms with Gasteiger partial charge >= 0.3 is 6.03 Å². The van der Waals surface area contributed by atoms with Crippen molar-refractivity contribution in [1.29, 1.82) is 0 Å². The zero-order chi connectivity index (χ0) is 18.1. The number of urea groups is 1. The fraction of sp³-hybridized carbons (Fsp3) is 0.368. The SMILES string of the molecule is Cc1ccc2cccc(NC(=O)N3CCC[C@@H](c4n[nH]c(C)n4)C3)c2n1. The number of hydrogen-bond donors (Lipinski definition) is 2. The van der Waals surface area contributed by atoms with E-state index in [9.17, 15) is 4.79 Å². The van der Waals surface area contributed by atoms with Crippen LogP contribution in [-0.4, -0.2) is 44.2 Å². The molecule has 1 atom stereocenters. The number of anilines is 1. The highest BCUT2D eigenvalue weighted by Gasteiger charge is 2.27. The summed E-state index contributed by atoms with van der Waals surface area (Å²) in [6.07, 6.45) is 1.94. The summed E-state index contributed by atoms with van der Waals surface area (Å²) >= 11 is 0. The van der Waals surface area contributed by atoms with Crippen LogP contribution in [0.15, 0.2) is 30.3 Å². The third-order valence-corrected chi connectivity index (χ3v) is 4.79. The van der Waals surface area contributed by atoms with Crippen molar-refractivity contribution in [3.05, 3.63) is 47.7 Å². The summed E-state index contributed by atoms with van der Waals surface area (Å²) in [6, 6.07) is 9.73. The molecule has 1 aliphatic rings. The third kappa shape index (κ3) is 3.24. The number of fused-ring (bicyclic) bond motifs is 1. The van der Waals surface area contributed by atoms with Crippen molar-refractivity contribution in [2.45, 2.75) is 32.6 Å². The highest BCUT2D eigenvalue weighted by molar-refractivity contribution is 5.99. The molecule has 26 heavy (non-hydrogen) atoms. The second kappa shape index (κ2) is 6.74. The first-order valence-electron chi connectivity index (χ1n) is 8.91. The average Bonchev–Trinajstić information content (AvgIpc) is 3.09. The molecule has 1 aromatic carbocycles. The van der Waals surface area contributed by atoms with Crippen LogP contribution in [0.1, 0.15) is 36.1 Å². The number of carbonyl (C=O) groups is 1. The number of pyridine rings is 1. The van der Waals surface area contributed by atoms with E-state index in [1.54, 1.807) is 0 Å². The van der Waals surface area contributed by atoms with E-state index >= 15 is 0 Å². The maximum Gasteiger partial charge on any atom is 0.321 e. The van der Waals surface area contributed by atoms with E-state index in [0.717, 1.165) is 53.3 Å². The molecule has 2 N–H and O–H groups in total. The summed E-state index contributed by atoms with van der Waals surface area (Å²) in [5.41, 5.74) is 2.49. The van der Waals surface area contributed by atoms with E-state index in [4.69, 9.17) is 0 Å². The van der Waals surface area contributed by atoms with Crippen LogP contribution < -0.4 is 5.32 Å². The summed E-state index contributed by atoms with van der Waals surface area (Å²) in [4.78, 5) is 23.7. The van der Waals surface area contributed by atoms with Crippen LogP contribution in [0, 0.1) is 13.8 Å². The maximum absolute atomic E-state index is 12.8. The molecule has 0 spiro atoms. The molecular formula is C19H22N6O. The number of amides is 2. The largest absolute Gasteiger partial charge is 0.324 e. The van der Waals surface area contributed by atoms with Crippen LogP contribution in [0.4, 0.5) is 10.5 Å². The molecule has 3 heterocycles. The topological polar surface area (TPSA) is 86.8 Å². The number of benzene rings is 1. The van der Waals surface area contributed by atoms with Crippen LogP contribution in [0.3, 0.4) is 0 Å². The first kappa shape index (κ1) is 16.5. The van der Waals surface area contributed by atoms with Crippen LogP contribution in [0.5, 0.6) is 0 Å². The van der Waals surface area contributed by atoms with Crippen molar-refractivity contribution in [3.8, 4) is 0 Å². The van der Waals surface area contributed by atoms with Gasteiger partial charge in [0.05, 0.1) is 11.2 Å². The maximum atomic E-state index is 12.8. The Bertz CT molecular complexity index is 950. The Balaban J connectivity index is 1.52. The molecule has 0 bridgehead atoms. The van der Waals surface area contributed by atoms with Crippen molar-refractivity contribution >= 4 is 22.6 Å². The number of nitrogens with zero attached hydrogens (tertiary/aromatic N) is 4. The zero-order valence-corrected chi connectivity index (χ0v) is 15.0. The van der Waals surface area contributed by atoms with Gasteiger partial charge in [0.15, 0.2) is 5.82 Å². The van der Waals surface area contributed by atoms with Gasteiger partial charge in [-0.15, -0.1) is 0 Å². The molecule has 1 saturated heterocycles.